The van der Waals surface area contributed by atoms with E-state index in [-0.39, 0.29) is 0 Å². The number of thiazole rings is 1. The van der Waals surface area contributed by atoms with Gasteiger partial charge in [0.1, 0.15) is 0 Å². The predicted molar refractivity (Wildman–Crippen MR) is 85.5 cm³/mol. The fourth-order valence-electron chi connectivity index (χ4n) is 2.71. The van der Waals surface area contributed by atoms with Gasteiger partial charge in [-0.25, -0.2) is 13.9 Å². The van der Waals surface area contributed by atoms with E-state index in [9.17, 15) is 4.21 Å². The highest BCUT2D eigenvalue weighted by Gasteiger charge is 2.19. The Labute approximate surface area is 126 Å². The van der Waals surface area contributed by atoms with Gasteiger partial charge in [-0.15, -0.1) is 11.3 Å². The maximum absolute atomic E-state index is 12.4. The van der Waals surface area contributed by atoms with Crippen molar-refractivity contribution in [3.05, 3.63) is 23.3 Å². The lowest BCUT2D eigenvalue weighted by Crippen LogP contribution is -2.32. The van der Waals surface area contributed by atoms with Gasteiger partial charge in [-0.05, 0) is 43.9 Å². The maximum atomic E-state index is 12.4. The average molecular weight is 308 g/mol. The van der Waals surface area contributed by atoms with Crippen LogP contribution in [0.25, 0.3) is 10.2 Å². The number of nitrogens with one attached hydrogen (secondary N) is 1. The van der Waals surface area contributed by atoms with Crippen molar-refractivity contribution in [3.8, 4) is 0 Å². The molecule has 0 bridgehead atoms. The summed E-state index contributed by atoms with van der Waals surface area (Å²) in [6.45, 7) is 4.17. The molecule has 5 heteroatoms. The standard InChI is InChI=1S/C15H20N2OS2/c1-10-8-9-13-14(11(10)2)16-15(19-13)20(18)17-12-6-4-3-5-7-12/h8-9,12,17H,3-7H2,1-2H3. The van der Waals surface area contributed by atoms with Crippen LogP contribution in [-0.4, -0.2) is 15.2 Å². The van der Waals surface area contributed by atoms with E-state index in [1.807, 2.05) is 0 Å². The van der Waals surface area contributed by atoms with Crippen LogP contribution < -0.4 is 4.72 Å². The number of hydrogen-bond acceptors (Lipinski definition) is 3. The van der Waals surface area contributed by atoms with Gasteiger partial charge >= 0.3 is 0 Å². The molecule has 1 N–H and O–H groups in total. The molecule has 3 rings (SSSR count). The fraction of sp³-hybridized carbons (Fsp3) is 0.533. The third kappa shape index (κ3) is 2.80. The molecule has 0 aliphatic heterocycles. The minimum atomic E-state index is -1.17. The monoisotopic (exact) mass is 308 g/mol. The van der Waals surface area contributed by atoms with Crippen LogP contribution in [0.3, 0.4) is 0 Å². The molecule has 1 aliphatic rings. The number of benzene rings is 1. The Balaban J connectivity index is 1.82. The van der Waals surface area contributed by atoms with E-state index < -0.39 is 11.0 Å². The summed E-state index contributed by atoms with van der Waals surface area (Å²) in [5.74, 6) is 0. The average Bonchev–Trinajstić information content (AvgIpc) is 2.89. The summed E-state index contributed by atoms with van der Waals surface area (Å²) in [5.41, 5.74) is 3.43. The number of nitrogens with zero attached hydrogens (tertiary/aromatic N) is 1. The molecule has 0 radical (unpaired) electrons. The number of rotatable bonds is 3. The lowest BCUT2D eigenvalue weighted by atomic mass is 9.96. The second-order valence-corrected chi connectivity index (χ2v) is 8.00. The predicted octanol–water partition coefficient (Wildman–Crippen LogP) is 3.86. The Bertz CT molecular complexity index is 645. The molecule has 1 aliphatic carbocycles. The maximum Gasteiger partial charge on any atom is 0.197 e. The van der Waals surface area contributed by atoms with Crippen LogP contribution in [0.2, 0.25) is 0 Å². The van der Waals surface area contributed by atoms with Gasteiger partial charge < -0.3 is 0 Å². The molecule has 108 valence electrons. The Morgan fingerprint density at radius 3 is 2.75 bits per heavy atom. The lowest BCUT2D eigenvalue weighted by molar-refractivity contribution is 0.419. The number of aryl methyl sites for hydroxylation is 2. The second-order valence-electron chi connectivity index (χ2n) is 5.56. The zero-order chi connectivity index (χ0) is 14.1. The molecule has 1 heterocycles. The van der Waals surface area contributed by atoms with Crippen molar-refractivity contribution in [2.75, 3.05) is 0 Å². The molecule has 1 aromatic heterocycles. The van der Waals surface area contributed by atoms with Gasteiger partial charge in [0.2, 0.25) is 0 Å². The molecule has 2 aromatic rings. The smallest absolute Gasteiger partial charge is 0.197 e. The number of aromatic nitrogens is 1. The zero-order valence-electron chi connectivity index (χ0n) is 11.9. The molecular weight excluding hydrogens is 288 g/mol. The number of fused-ring (bicyclic) bond motifs is 1. The Morgan fingerprint density at radius 2 is 2.00 bits per heavy atom. The van der Waals surface area contributed by atoms with E-state index in [4.69, 9.17) is 0 Å². The van der Waals surface area contributed by atoms with Crippen LogP contribution in [-0.2, 0) is 11.0 Å². The molecular formula is C15H20N2OS2. The molecule has 0 amide bonds. The molecule has 0 saturated heterocycles. The van der Waals surface area contributed by atoms with Crippen molar-refractivity contribution in [1.82, 2.24) is 9.71 Å². The summed E-state index contributed by atoms with van der Waals surface area (Å²) in [7, 11) is -1.17. The first-order valence-corrected chi connectivity index (χ1v) is 9.16. The highest BCUT2D eigenvalue weighted by molar-refractivity contribution is 7.85. The van der Waals surface area contributed by atoms with Gasteiger partial charge in [-0.3, -0.25) is 0 Å². The van der Waals surface area contributed by atoms with Gasteiger partial charge in [0, 0.05) is 6.04 Å². The molecule has 20 heavy (non-hydrogen) atoms. The normalized spacial score (nSPS) is 18.5. The van der Waals surface area contributed by atoms with Crippen LogP contribution in [0, 0.1) is 13.8 Å². The van der Waals surface area contributed by atoms with E-state index >= 15 is 0 Å². The minimum absolute atomic E-state index is 0.388. The summed E-state index contributed by atoms with van der Waals surface area (Å²) < 4.78 is 17.5. The van der Waals surface area contributed by atoms with E-state index in [2.05, 4.69) is 35.7 Å². The van der Waals surface area contributed by atoms with Gasteiger partial charge in [-0.2, -0.15) is 0 Å². The van der Waals surface area contributed by atoms with Gasteiger partial charge in [0.15, 0.2) is 15.3 Å². The molecule has 0 spiro atoms. The highest BCUT2D eigenvalue weighted by Crippen LogP contribution is 2.28. The van der Waals surface area contributed by atoms with Crippen molar-refractivity contribution in [2.45, 2.75) is 56.3 Å². The van der Waals surface area contributed by atoms with Crippen LogP contribution in [0.5, 0.6) is 0 Å². The van der Waals surface area contributed by atoms with Crippen molar-refractivity contribution in [1.29, 1.82) is 0 Å². The van der Waals surface area contributed by atoms with Crippen molar-refractivity contribution in [2.24, 2.45) is 0 Å². The summed E-state index contributed by atoms with van der Waals surface area (Å²) >= 11 is 1.54. The van der Waals surface area contributed by atoms with Crippen molar-refractivity contribution < 1.29 is 4.21 Å². The minimum Gasteiger partial charge on any atom is -0.235 e. The van der Waals surface area contributed by atoms with E-state index in [0.29, 0.717) is 10.4 Å². The lowest BCUT2D eigenvalue weighted by Gasteiger charge is -2.21. The van der Waals surface area contributed by atoms with Crippen molar-refractivity contribution >= 4 is 32.5 Å². The van der Waals surface area contributed by atoms with Crippen LogP contribution in [0.15, 0.2) is 16.5 Å². The summed E-state index contributed by atoms with van der Waals surface area (Å²) in [5, 5.41) is 0. The Kier molecular flexibility index (Phi) is 4.19. The third-order valence-corrected chi connectivity index (χ3v) is 6.58. The largest absolute Gasteiger partial charge is 0.235 e. The Hall–Kier alpha value is -0.780. The first-order valence-electron chi connectivity index (χ1n) is 7.20. The van der Waals surface area contributed by atoms with E-state index in [1.54, 1.807) is 11.3 Å². The quantitative estimate of drug-likeness (QED) is 0.935. The fourth-order valence-corrected chi connectivity index (χ4v) is 4.99. The highest BCUT2D eigenvalue weighted by atomic mass is 32.2. The van der Waals surface area contributed by atoms with E-state index in [1.165, 1.54) is 30.4 Å². The zero-order valence-corrected chi connectivity index (χ0v) is 13.6. The summed E-state index contributed by atoms with van der Waals surface area (Å²) in [4.78, 5) is 4.59. The molecule has 3 nitrogen and oxygen atoms in total. The Morgan fingerprint density at radius 1 is 1.25 bits per heavy atom. The second kappa shape index (κ2) is 5.92. The van der Waals surface area contributed by atoms with Gasteiger partial charge in [-0.1, -0.05) is 25.3 Å². The van der Waals surface area contributed by atoms with Gasteiger partial charge in [0.05, 0.1) is 10.2 Å². The molecule has 1 saturated carbocycles. The van der Waals surface area contributed by atoms with Crippen LogP contribution >= 0.6 is 11.3 Å². The topological polar surface area (TPSA) is 42.0 Å². The van der Waals surface area contributed by atoms with Crippen molar-refractivity contribution in [3.63, 3.8) is 0 Å². The molecule has 1 unspecified atom stereocenters. The SMILES string of the molecule is Cc1ccc2sc(S(=O)NC3CCCCC3)nc2c1C. The van der Waals surface area contributed by atoms with Crippen LogP contribution in [0.4, 0.5) is 0 Å². The summed E-state index contributed by atoms with van der Waals surface area (Å²) in [6.07, 6.45) is 6.06. The molecule has 1 fully saturated rings. The first-order chi connectivity index (χ1) is 9.65. The number of hydrogen-bond donors (Lipinski definition) is 1. The van der Waals surface area contributed by atoms with Crippen LogP contribution in [0.1, 0.15) is 43.2 Å². The molecule has 1 aromatic carbocycles. The third-order valence-electron chi connectivity index (χ3n) is 4.10. The first kappa shape index (κ1) is 14.2. The van der Waals surface area contributed by atoms with E-state index in [0.717, 1.165) is 23.1 Å². The summed E-state index contributed by atoms with van der Waals surface area (Å²) in [6, 6.07) is 4.58. The van der Waals surface area contributed by atoms with Gasteiger partial charge in [0.25, 0.3) is 0 Å². The molecule has 1 atom stereocenters.